The maximum Gasteiger partial charge on any atom is 0.341 e. The minimum atomic E-state index is -0.391. The average molecular weight is 432 g/mol. The largest absolute Gasteiger partial charge is 0.462 e. The number of ether oxygens (including phenoxy) is 1. The number of esters is 1. The van der Waals surface area contributed by atoms with E-state index in [0.29, 0.717) is 22.0 Å². The lowest BCUT2D eigenvalue weighted by Crippen LogP contribution is -2.16. The van der Waals surface area contributed by atoms with E-state index in [1.54, 1.807) is 6.92 Å². The Labute approximate surface area is 185 Å². The number of nitrogens with one attached hydrogen (secondary N) is 1. The molecule has 1 aromatic heterocycles. The van der Waals surface area contributed by atoms with Crippen LogP contribution in [0, 0.1) is 5.92 Å². The number of hydrogen-bond acceptors (Lipinski definition) is 4. The van der Waals surface area contributed by atoms with E-state index >= 15 is 0 Å². The van der Waals surface area contributed by atoms with Gasteiger partial charge in [-0.1, -0.05) is 62.4 Å². The molecule has 4 nitrogen and oxygen atoms in total. The zero-order valence-corrected chi connectivity index (χ0v) is 18.7. The molecule has 0 unspecified atom stereocenters. The molecule has 1 heterocycles. The third-order valence-corrected chi connectivity index (χ3v) is 6.14. The average Bonchev–Trinajstić information content (AvgIpc) is 3.13. The minimum absolute atomic E-state index is 0.225. The van der Waals surface area contributed by atoms with E-state index in [1.807, 2.05) is 53.9 Å². The van der Waals surface area contributed by atoms with Gasteiger partial charge in [0.05, 0.1) is 17.7 Å². The van der Waals surface area contributed by atoms with E-state index in [1.165, 1.54) is 11.3 Å². The Kier molecular flexibility index (Phi) is 6.05. The summed E-state index contributed by atoms with van der Waals surface area (Å²) in [5.41, 5.74) is 2.00. The second-order valence-electron chi connectivity index (χ2n) is 7.93. The van der Waals surface area contributed by atoms with Crippen molar-refractivity contribution in [3.8, 4) is 0 Å². The lowest BCUT2D eigenvalue weighted by atomic mass is 9.96. The van der Waals surface area contributed by atoms with Crippen molar-refractivity contribution >= 4 is 49.8 Å². The van der Waals surface area contributed by atoms with E-state index in [-0.39, 0.29) is 12.5 Å². The van der Waals surface area contributed by atoms with Crippen molar-refractivity contribution in [2.24, 2.45) is 5.92 Å². The molecular formula is C26H25NO3S. The second-order valence-corrected chi connectivity index (χ2v) is 8.81. The first-order chi connectivity index (χ1) is 15.0. The number of benzene rings is 3. The van der Waals surface area contributed by atoms with Gasteiger partial charge in [-0.05, 0) is 57.8 Å². The van der Waals surface area contributed by atoms with Crippen molar-refractivity contribution in [3.05, 3.63) is 76.7 Å². The second kappa shape index (κ2) is 8.90. The van der Waals surface area contributed by atoms with Gasteiger partial charge >= 0.3 is 5.97 Å². The Balaban J connectivity index is 1.81. The normalized spacial score (nSPS) is 11.2. The summed E-state index contributed by atoms with van der Waals surface area (Å²) in [5, 5.41) is 9.28. The third-order valence-electron chi connectivity index (χ3n) is 5.20. The number of amides is 1. The van der Waals surface area contributed by atoms with Crippen LogP contribution in [0.25, 0.3) is 21.5 Å². The van der Waals surface area contributed by atoms with Crippen LogP contribution in [0.1, 0.15) is 47.1 Å². The lowest BCUT2D eigenvalue weighted by molar-refractivity contribution is 0.0527. The zero-order chi connectivity index (χ0) is 22.0. The van der Waals surface area contributed by atoms with Gasteiger partial charge in [0, 0.05) is 0 Å². The first-order valence-electron chi connectivity index (χ1n) is 10.5. The molecule has 3 aromatic carbocycles. The summed E-state index contributed by atoms with van der Waals surface area (Å²) in [5.74, 6) is -0.234. The Morgan fingerprint density at radius 1 is 0.968 bits per heavy atom. The number of anilines is 1. The molecular weight excluding hydrogens is 406 g/mol. The molecule has 0 saturated heterocycles. The fourth-order valence-electron chi connectivity index (χ4n) is 3.93. The summed E-state index contributed by atoms with van der Waals surface area (Å²) < 4.78 is 5.29. The number of fused-ring (bicyclic) bond motifs is 2. The topological polar surface area (TPSA) is 55.4 Å². The summed E-state index contributed by atoms with van der Waals surface area (Å²) in [6.45, 7) is 6.28. The highest BCUT2D eigenvalue weighted by Crippen LogP contribution is 2.33. The van der Waals surface area contributed by atoms with E-state index in [9.17, 15) is 9.59 Å². The highest BCUT2D eigenvalue weighted by atomic mass is 32.1. The molecule has 1 N–H and O–H groups in total. The van der Waals surface area contributed by atoms with Gasteiger partial charge in [-0.25, -0.2) is 4.79 Å². The Morgan fingerprint density at radius 2 is 1.58 bits per heavy atom. The third kappa shape index (κ3) is 4.19. The maximum atomic E-state index is 13.5. The standard InChI is InChI=1S/C26H25NO3S/c1-4-30-26(29)22-19(13-16(2)3)15-31-25(22)27-24(28)23-20-11-7-5-9-17(20)14-18-10-6-8-12-21(18)23/h5-12,14-16H,4,13H2,1-3H3,(H,27,28). The first-order valence-corrected chi connectivity index (χ1v) is 11.4. The van der Waals surface area contributed by atoms with E-state index in [0.717, 1.165) is 33.5 Å². The minimum Gasteiger partial charge on any atom is -0.462 e. The molecule has 0 atom stereocenters. The van der Waals surface area contributed by atoms with Gasteiger partial charge in [-0.2, -0.15) is 0 Å². The van der Waals surface area contributed by atoms with E-state index < -0.39 is 5.97 Å². The quantitative estimate of drug-likeness (QED) is 0.274. The van der Waals surface area contributed by atoms with Crippen molar-refractivity contribution < 1.29 is 14.3 Å². The molecule has 0 aliphatic carbocycles. The SMILES string of the molecule is CCOC(=O)c1c(CC(C)C)csc1NC(=O)c1c2ccccc2cc2ccccc12. The monoisotopic (exact) mass is 431 g/mol. The van der Waals surface area contributed by atoms with Crippen molar-refractivity contribution in [3.63, 3.8) is 0 Å². The molecule has 4 rings (SSSR count). The molecule has 4 aromatic rings. The van der Waals surface area contributed by atoms with Crippen LogP contribution in [0.15, 0.2) is 60.0 Å². The van der Waals surface area contributed by atoms with Gasteiger partial charge in [0.2, 0.25) is 0 Å². The van der Waals surface area contributed by atoms with Crippen molar-refractivity contribution in [1.29, 1.82) is 0 Å². The molecule has 0 bridgehead atoms. The molecule has 0 radical (unpaired) electrons. The van der Waals surface area contributed by atoms with Crippen molar-refractivity contribution in [2.45, 2.75) is 27.2 Å². The molecule has 0 aliphatic heterocycles. The lowest BCUT2D eigenvalue weighted by Gasteiger charge is -2.13. The van der Waals surface area contributed by atoms with Crippen molar-refractivity contribution in [1.82, 2.24) is 0 Å². The number of hydrogen-bond donors (Lipinski definition) is 1. The van der Waals surface area contributed by atoms with Crippen LogP contribution in [-0.2, 0) is 11.2 Å². The van der Waals surface area contributed by atoms with Crippen LogP contribution < -0.4 is 5.32 Å². The van der Waals surface area contributed by atoms with Gasteiger partial charge in [-0.15, -0.1) is 11.3 Å². The summed E-state index contributed by atoms with van der Waals surface area (Å²) in [6, 6.07) is 17.8. The first kappa shape index (κ1) is 21.1. The van der Waals surface area contributed by atoms with Gasteiger partial charge in [0.15, 0.2) is 0 Å². The Morgan fingerprint density at radius 3 is 2.16 bits per heavy atom. The van der Waals surface area contributed by atoms with Crippen LogP contribution in [0.2, 0.25) is 0 Å². The fourth-order valence-corrected chi connectivity index (χ4v) is 4.88. The summed E-state index contributed by atoms with van der Waals surface area (Å²) in [4.78, 5) is 26.3. The molecule has 0 spiro atoms. The summed E-state index contributed by atoms with van der Waals surface area (Å²) in [7, 11) is 0. The Bertz CT molecular complexity index is 1220. The van der Waals surface area contributed by atoms with Gasteiger partial charge in [0.1, 0.15) is 5.00 Å². The highest BCUT2D eigenvalue weighted by Gasteiger charge is 2.24. The van der Waals surface area contributed by atoms with Crippen LogP contribution in [-0.4, -0.2) is 18.5 Å². The van der Waals surface area contributed by atoms with Crippen LogP contribution >= 0.6 is 11.3 Å². The fraction of sp³-hybridized carbons (Fsp3) is 0.231. The molecule has 1 amide bonds. The van der Waals surface area contributed by atoms with Crippen molar-refractivity contribution in [2.75, 3.05) is 11.9 Å². The van der Waals surface area contributed by atoms with Crippen LogP contribution in [0.4, 0.5) is 5.00 Å². The Hall–Kier alpha value is -3.18. The predicted molar refractivity (Wildman–Crippen MR) is 128 cm³/mol. The molecule has 31 heavy (non-hydrogen) atoms. The van der Waals surface area contributed by atoms with Gasteiger partial charge < -0.3 is 10.1 Å². The number of thiophene rings is 1. The number of carbonyl (C=O) groups excluding carboxylic acids is 2. The number of carbonyl (C=O) groups is 2. The smallest absolute Gasteiger partial charge is 0.341 e. The van der Waals surface area contributed by atoms with Gasteiger partial charge in [-0.3, -0.25) is 4.79 Å². The summed E-state index contributed by atoms with van der Waals surface area (Å²) >= 11 is 1.37. The molecule has 5 heteroatoms. The van der Waals surface area contributed by atoms with Crippen LogP contribution in [0.3, 0.4) is 0 Å². The van der Waals surface area contributed by atoms with Gasteiger partial charge in [0.25, 0.3) is 5.91 Å². The van der Waals surface area contributed by atoms with Crippen LogP contribution in [0.5, 0.6) is 0 Å². The molecule has 0 fully saturated rings. The van der Waals surface area contributed by atoms with E-state index in [2.05, 4.69) is 25.2 Å². The predicted octanol–water partition coefficient (Wildman–Crippen LogP) is 6.68. The maximum absolute atomic E-state index is 13.5. The highest BCUT2D eigenvalue weighted by molar-refractivity contribution is 7.15. The van der Waals surface area contributed by atoms with E-state index in [4.69, 9.17) is 4.74 Å². The molecule has 0 aliphatic rings. The molecule has 0 saturated carbocycles. The zero-order valence-electron chi connectivity index (χ0n) is 17.9. The molecule has 158 valence electrons. The number of rotatable bonds is 6. The summed E-state index contributed by atoms with van der Waals surface area (Å²) in [6.07, 6.45) is 0.748.